The molecule has 0 aromatic carbocycles. The van der Waals surface area contributed by atoms with Crippen LogP contribution in [0.15, 0.2) is 17.1 Å². The highest BCUT2D eigenvalue weighted by Crippen LogP contribution is 2.11. The fourth-order valence-corrected chi connectivity index (χ4v) is 2.46. The Hall–Kier alpha value is -0.830. The third-order valence-electron chi connectivity index (χ3n) is 3.57. The van der Waals surface area contributed by atoms with Gasteiger partial charge in [0.1, 0.15) is 0 Å². The SMILES string of the molecule is CCC/C=C/CCCCCCC1=NCCN1CCN. The lowest BCUT2D eigenvalue weighted by atomic mass is 10.1. The second kappa shape index (κ2) is 11.0. The van der Waals surface area contributed by atoms with Gasteiger partial charge in [0.15, 0.2) is 0 Å². The second-order valence-corrected chi connectivity index (χ2v) is 5.29. The minimum absolute atomic E-state index is 0.739. The second-order valence-electron chi connectivity index (χ2n) is 5.29. The van der Waals surface area contributed by atoms with Gasteiger partial charge < -0.3 is 10.6 Å². The average Bonchev–Trinajstić information content (AvgIpc) is 2.85. The highest BCUT2D eigenvalue weighted by Gasteiger charge is 2.14. The molecule has 3 heteroatoms. The van der Waals surface area contributed by atoms with Gasteiger partial charge in [0, 0.05) is 26.1 Å². The summed E-state index contributed by atoms with van der Waals surface area (Å²) in [6.07, 6.45) is 14.8. The van der Waals surface area contributed by atoms with Crippen LogP contribution in [0.25, 0.3) is 0 Å². The molecule has 0 atom stereocenters. The van der Waals surface area contributed by atoms with Crippen molar-refractivity contribution in [2.45, 2.75) is 58.3 Å². The predicted molar refractivity (Wildman–Crippen MR) is 84.7 cm³/mol. The third kappa shape index (κ3) is 7.36. The van der Waals surface area contributed by atoms with E-state index in [-0.39, 0.29) is 0 Å². The summed E-state index contributed by atoms with van der Waals surface area (Å²) in [5, 5.41) is 0. The largest absolute Gasteiger partial charge is 0.357 e. The minimum atomic E-state index is 0.739. The predicted octanol–water partition coefficient (Wildman–Crippen LogP) is 3.36. The van der Waals surface area contributed by atoms with Crippen LogP contribution in [-0.4, -0.2) is 36.9 Å². The van der Waals surface area contributed by atoms with E-state index in [0.717, 1.165) is 32.6 Å². The van der Waals surface area contributed by atoms with Crippen LogP contribution in [0.4, 0.5) is 0 Å². The molecule has 0 bridgehead atoms. The van der Waals surface area contributed by atoms with Crippen molar-refractivity contribution in [2.75, 3.05) is 26.2 Å². The zero-order chi connectivity index (χ0) is 13.8. The maximum absolute atomic E-state index is 5.61. The van der Waals surface area contributed by atoms with E-state index < -0.39 is 0 Å². The Morgan fingerprint density at radius 1 is 1.16 bits per heavy atom. The molecule has 0 aromatic rings. The summed E-state index contributed by atoms with van der Waals surface area (Å²) in [7, 11) is 0. The van der Waals surface area contributed by atoms with E-state index in [0.29, 0.717) is 0 Å². The number of amidine groups is 1. The van der Waals surface area contributed by atoms with Gasteiger partial charge >= 0.3 is 0 Å². The molecule has 0 unspecified atom stereocenters. The van der Waals surface area contributed by atoms with Crippen molar-refractivity contribution in [3.8, 4) is 0 Å². The molecule has 0 saturated heterocycles. The van der Waals surface area contributed by atoms with Crippen LogP contribution in [0.5, 0.6) is 0 Å². The number of nitrogens with two attached hydrogens (primary N) is 1. The first-order chi connectivity index (χ1) is 9.38. The number of rotatable bonds is 11. The molecular formula is C16H31N3. The molecule has 0 spiro atoms. The molecular weight excluding hydrogens is 234 g/mol. The normalized spacial score (nSPS) is 15.5. The molecule has 0 radical (unpaired) electrons. The highest BCUT2D eigenvalue weighted by atomic mass is 15.2. The quantitative estimate of drug-likeness (QED) is 0.460. The molecule has 0 fully saturated rings. The van der Waals surface area contributed by atoms with E-state index in [1.165, 1.54) is 50.8 Å². The van der Waals surface area contributed by atoms with E-state index in [1.54, 1.807) is 0 Å². The Morgan fingerprint density at radius 2 is 1.95 bits per heavy atom. The van der Waals surface area contributed by atoms with Gasteiger partial charge in [-0.25, -0.2) is 0 Å². The monoisotopic (exact) mass is 265 g/mol. The fourth-order valence-electron chi connectivity index (χ4n) is 2.46. The van der Waals surface area contributed by atoms with Gasteiger partial charge in [0.05, 0.1) is 12.4 Å². The molecule has 2 N–H and O–H groups in total. The molecule has 1 aliphatic heterocycles. The first-order valence-electron chi connectivity index (χ1n) is 8.01. The summed E-state index contributed by atoms with van der Waals surface area (Å²) in [6, 6.07) is 0. The first kappa shape index (κ1) is 16.2. The summed E-state index contributed by atoms with van der Waals surface area (Å²) in [6.45, 7) is 5.99. The smallest absolute Gasteiger partial charge is 0.0990 e. The molecule has 1 heterocycles. The van der Waals surface area contributed by atoms with Crippen molar-refractivity contribution in [2.24, 2.45) is 10.7 Å². The molecule has 1 rings (SSSR count). The van der Waals surface area contributed by atoms with Gasteiger partial charge in [-0.1, -0.05) is 38.3 Å². The summed E-state index contributed by atoms with van der Waals surface area (Å²) < 4.78 is 0. The van der Waals surface area contributed by atoms with E-state index in [1.807, 2.05) is 0 Å². The lowest BCUT2D eigenvalue weighted by molar-refractivity contribution is 0.456. The van der Waals surface area contributed by atoms with Crippen LogP contribution in [0.3, 0.4) is 0 Å². The summed E-state index contributed by atoms with van der Waals surface area (Å²) in [4.78, 5) is 6.93. The Morgan fingerprint density at radius 3 is 2.74 bits per heavy atom. The third-order valence-corrected chi connectivity index (χ3v) is 3.57. The van der Waals surface area contributed by atoms with Crippen molar-refractivity contribution in [3.05, 3.63) is 12.2 Å². The van der Waals surface area contributed by atoms with Crippen LogP contribution < -0.4 is 5.73 Å². The zero-order valence-electron chi connectivity index (χ0n) is 12.6. The van der Waals surface area contributed by atoms with E-state index in [2.05, 4.69) is 29.0 Å². The van der Waals surface area contributed by atoms with E-state index in [9.17, 15) is 0 Å². The van der Waals surface area contributed by atoms with Crippen molar-refractivity contribution in [1.82, 2.24) is 4.90 Å². The highest BCUT2D eigenvalue weighted by molar-refractivity contribution is 5.83. The molecule has 3 nitrogen and oxygen atoms in total. The Labute approximate surface area is 119 Å². The topological polar surface area (TPSA) is 41.6 Å². The molecule has 0 amide bonds. The number of hydrogen-bond donors (Lipinski definition) is 1. The summed E-state index contributed by atoms with van der Waals surface area (Å²) in [5.41, 5.74) is 5.61. The number of nitrogens with zero attached hydrogens (tertiary/aromatic N) is 2. The maximum Gasteiger partial charge on any atom is 0.0990 e. The molecule has 0 aromatic heterocycles. The zero-order valence-corrected chi connectivity index (χ0v) is 12.6. The first-order valence-corrected chi connectivity index (χ1v) is 8.01. The van der Waals surface area contributed by atoms with Crippen LogP contribution in [0, 0.1) is 0 Å². The fraction of sp³-hybridized carbons (Fsp3) is 0.812. The number of hydrogen-bond acceptors (Lipinski definition) is 3. The van der Waals surface area contributed by atoms with Crippen molar-refractivity contribution < 1.29 is 0 Å². The standard InChI is InChI=1S/C16H31N3/c1-2-3-4-5-6-7-8-9-10-11-16-18-13-15-19(16)14-12-17/h4-5H,2-3,6-15,17H2,1H3/b5-4+. The van der Waals surface area contributed by atoms with Crippen molar-refractivity contribution in [1.29, 1.82) is 0 Å². The average molecular weight is 265 g/mol. The van der Waals surface area contributed by atoms with E-state index >= 15 is 0 Å². The summed E-state index contributed by atoms with van der Waals surface area (Å²) >= 11 is 0. The minimum Gasteiger partial charge on any atom is -0.357 e. The van der Waals surface area contributed by atoms with Crippen LogP contribution in [0.2, 0.25) is 0 Å². The Kier molecular flexibility index (Phi) is 9.42. The van der Waals surface area contributed by atoms with Crippen LogP contribution in [0.1, 0.15) is 58.3 Å². The lowest BCUT2D eigenvalue weighted by Crippen LogP contribution is -2.32. The van der Waals surface area contributed by atoms with E-state index in [4.69, 9.17) is 5.73 Å². The van der Waals surface area contributed by atoms with Crippen LogP contribution in [-0.2, 0) is 0 Å². The molecule has 110 valence electrons. The lowest BCUT2D eigenvalue weighted by Gasteiger charge is -2.19. The molecule has 19 heavy (non-hydrogen) atoms. The van der Waals surface area contributed by atoms with Crippen molar-refractivity contribution >= 4 is 5.84 Å². The molecule has 0 aliphatic carbocycles. The Balaban J connectivity index is 1.96. The molecule has 1 aliphatic rings. The summed E-state index contributed by atoms with van der Waals surface area (Å²) in [5.74, 6) is 1.30. The van der Waals surface area contributed by atoms with Gasteiger partial charge in [-0.2, -0.15) is 0 Å². The maximum atomic E-state index is 5.61. The Bertz CT molecular complexity index is 271. The number of allylic oxidation sites excluding steroid dienone is 2. The van der Waals surface area contributed by atoms with Gasteiger partial charge in [-0.15, -0.1) is 0 Å². The van der Waals surface area contributed by atoms with Crippen LogP contribution >= 0.6 is 0 Å². The van der Waals surface area contributed by atoms with Gasteiger partial charge in [-0.3, -0.25) is 4.99 Å². The van der Waals surface area contributed by atoms with Gasteiger partial charge in [0.25, 0.3) is 0 Å². The molecule has 0 saturated carbocycles. The number of aliphatic imine (C=N–C) groups is 1. The van der Waals surface area contributed by atoms with Gasteiger partial charge in [0.2, 0.25) is 0 Å². The van der Waals surface area contributed by atoms with Crippen molar-refractivity contribution in [3.63, 3.8) is 0 Å². The van der Waals surface area contributed by atoms with Gasteiger partial charge in [-0.05, 0) is 25.7 Å². The number of unbranched alkanes of at least 4 members (excludes halogenated alkanes) is 5.